The normalized spacial score (nSPS) is 17.4. The molecule has 0 saturated heterocycles. The first-order chi connectivity index (χ1) is 14.1. The number of carbonyl (C=O) groups is 1. The fourth-order valence-electron chi connectivity index (χ4n) is 3.92. The van der Waals surface area contributed by atoms with E-state index in [-0.39, 0.29) is 5.91 Å². The van der Waals surface area contributed by atoms with Gasteiger partial charge in [0.2, 0.25) is 0 Å². The van der Waals surface area contributed by atoms with Crippen molar-refractivity contribution in [2.75, 3.05) is 34.9 Å². The molecular formula is C21H28N4O3S. The number of aliphatic hydroxyl groups is 1. The minimum Gasteiger partial charge on any atom is -0.400 e. The Balaban J connectivity index is 0.00000117. The topological polar surface area (TPSA) is 85.8 Å². The van der Waals surface area contributed by atoms with Gasteiger partial charge in [-0.3, -0.25) is 9.10 Å². The fraction of sp³-hybridized carbons (Fsp3) is 0.429. The number of fused-ring (bicyclic) bond motifs is 2. The van der Waals surface area contributed by atoms with Crippen molar-refractivity contribution >= 4 is 39.8 Å². The first-order valence-electron chi connectivity index (χ1n) is 9.78. The number of aliphatic hydroxyl groups excluding tert-OH is 1. The van der Waals surface area contributed by atoms with Crippen LogP contribution in [0.25, 0.3) is 0 Å². The van der Waals surface area contributed by atoms with Crippen LogP contribution in [0.2, 0.25) is 0 Å². The van der Waals surface area contributed by atoms with Crippen molar-refractivity contribution in [3.05, 3.63) is 42.1 Å². The molecule has 29 heavy (non-hydrogen) atoms. The predicted octanol–water partition coefficient (Wildman–Crippen LogP) is 3.46. The molecule has 2 aliphatic rings. The lowest BCUT2D eigenvalue weighted by molar-refractivity contribution is 0.0994. The third-order valence-electron chi connectivity index (χ3n) is 5.31. The van der Waals surface area contributed by atoms with Crippen LogP contribution in [-0.2, 0) is 11.0 Å². The number of benzene rings is 1. The first-order valence-corrected chi connectivity index (χ1v) is 11.3. The first kappa shape index (κ1) is 21.3. The zero-order valence-corrected chi connectivity index (χ0v) is 17.9. The van der Waals surface area contributed by atoms with E-state index in [2.05, 4.69) is 10.3 Å². The Labute approximate surface area is 174 Å². The van der Waals surface area contributed by atoms with Gasteiger partial charge in [0.25, 0.3) is 5.91 Å². The molecule has 0 bridgehead atoms. The Bertz CT molecular complexity index is 899. The van der Waals surface area contributed by atoms with Crippen molar-refractivity contribution in [1.29, 1.82) is 0 Å². The molecule has 4 rings (SSSR count). The molecule has 2 aromatic rings. The maximum Gasteiger partial charge on any atom is 0.260 e. The number of carbonyl (C=O) groups excluding carboxylic acids is 1. The summed E-state index contributed by atoms with van der Waals surface area (Å²) < 4.78 is 14.4. The van der Waals surface area contributed by atoms with Crippen LogP contribution >= 0.6 is 0 Å². The molecule has 1 aliphatic heterocycles. The number of hydrogen-bond donors (Lipinski definition) is 2. The van der Waals surface area contributed by atoms with E-state index in [9.17, 15) is 9.00 Å². The SMILES string of the molecule is CN1C(=O)c2ccccc2N(S(C)=O)c2cc(NC3CCCCC3)ncc21.CO. The van der Waals surface area contributed by atoms with E-state index in [1.807, 2.05) is 24.3 Å². The molecule has 0 radical (unpaired) electrons. The second-order valence-electron chi connectivity index (χ2n) is 7.14. The van der Waals surface area contributed by atoms with Crippen LogP contribution in [0.5, 0.6) is 0 Å². The molecule has 1 aromatic heterocycles. The largest absolute Gasteiger partial charge is 0.400 e. The summed E-state index contributed by atoms with van der Waals surface area (Å²) in [4.78, 5) is 19.0. The van der Waals surface area contributed by atoms with Crippen molar-refractivity contribution in [3.63, 3.8) is 0 Å². The summed E-state index contributed by atoms with van der Waals surface area (Å²) in [5.74, 6) is 0.630. The second kappa shape index (κ2) is 9.37. The Morgan fingerprint density at radius 2 is 1.79 bits per heavy atom. The van der Waals surface area contributed by atoms with Crippen LogP contribution in [0.3, 0.4) is 0 Å². The molecule has 0 spiro atoms. The highest BCUT2D eigenvalue weighted by atomic mass is 32.2. The fourth-order valence-corrected chi connectivity index (χ4v) is 4.78. The van der Waals surface area contributed by atoms with Crippen LogP contribution in [0.15, 0.2) is 36.5 Å². The summed E-state index contributed by atoms with van der Waals surface area (Å²) in [6.07, 6.45) is 9.38. The highest BCUT2D eigenvalue weighted by Gasteiger charge is 2.31. The average molecular weight is 417 g/mol. The smallest absolute Gasteiger partial charge is 0.260 e. The number of anilines is 4. The van der Waals surface area contributed by atoms with E-state index in [1.54, 1.807) is 34.8 Å². The summed E-state index contributed by atoms with van der Waals surface area (Å²) in [6.45, 7) is 0. The van der Waals surface area contributed by atoms with E-state index >= 15 is 0 Å². The van der Waals surface area contributed by atoms with E-state index in [0.717, 1.165) is 31.5 Å². The number of nitrogens with one attached hydrogen (secondary N) is 1. The predicted molar refractivity (Wildman–Crippen MR) is 118 cm³/mol. The molecule has 1 amide bonds. The maximum atomic E-state index is 12.9. The zero-order chi connectivity index (χ0) is 21.0. The number of rotatable bonds is 3. The molecule has 1 aromatic carbocycles. The second-order valence-corrected chi connectivity index (χ2v) is 8.35. The van der Waals surface area contributed by atoms with Gasteiger partial charge in [-0.05, 0) is 25.0 Å². The standard InChI is InChI=1S/C20H24N4O2S.CH4O/c1-23-18-13-21-19(22-14-8-4-3-5-9-14)12-17(18)24(27(2)26)16-11-7-6-10-15(16)20(23)25;1-2/h6-7,10-14H,3-5,8-9H2,1-2H3,(H,21,22);2H,1H3. The van der Waals surface area contributed by atoms with Crippen LogP contribution < -0.4 is 14.5 Å². The van der Waals surface area contributed by atoms with E-state index in [0.29, 0.717) is 23.0 Å². The summed E-state index contributed by atoms with van der Waals surface area (Å²) >= 11 is 0. The van der Waals surface area contributed by atoms with Crippen molar-refractivity contribution in [2.24, 2.45) is 0 Å². The number of nitrogens with zero attached hydrogens (tertiary/aromatic N) is 3. The van der Waals surface area contributed by atoms with Gasteiger partial charge in [0.1, 0.15) is 16.8 Å². The minimum absolute atomic E-state index is 0.130. The highest BCUT2D eigenvalue weighted by Crippen LogP contribution is 2.41. The molecular weight excluding hydrogens is 388 g/mol. The van der Waals surface area contributed by atoms with Crippen LogP contribution in [0, 0.1) is 0 Å². The number of amides is 1. The van der Waals surface area contributed by atoms with Gasteiger partial charge < -0.3 is 15.3 Å². The Morgan fingerprint density at radius 3 is 2.48 bits per heavy atom. The molecule has 1 aliphatic carbocycles. The Morgan fingerprint density at radius 1 is 1.10 bits per heavy atom. The summed E-state index contributed by atoms with van der Waals surface area (Å²) in [7, 11) is 1.40. The Kier molecular flexibility index (Phi) is 6.87. The van der Waals surface area contributed by atoms with Crippen molar-refractivity contribution < 1.29 is 14.1 Å². The molecule has 7 nitrogen and oxygen atoms in total. The minimum atomic E-state index is -1.33. The summed E-state index contributed by atoms with van der Waals surface area (Å²) in [5, 5.41) is 10.5. The lowest BCUT2D eigenvalue weighted by Gasteiger charge is -2.26. The van der Waals surface area contributed by atoms with Crippen LogP contribution in [0.4, 0.5) is 22.9 Å². The number of aromatic nitrogens is 1. The third-order valence-corrected chi connectivity index (χ3v) is 6.22. The van der Waals surface area contributed by atoms with Gasteiger partial charge in [-0.1, -0.05) is 31.4 Å². The van der Waals surface area contributed by atoms with Gasteiger partial charge in [-0.2, -0.15) is 0 Å². The molecule has 8 heteroatoms. The molecule has 1 unspecified atom stereocenters. The van der Waals surface area contributed by atoms with Gasteiger partial charge in [-0.15, -0.1) is 0 Å². The van der Waals surface area contributed by atoms with Crippen molar-refractivity contribution in [3.8, 4) is 0 Å². The molecule has 2 heterocycles. The average Bonchev–Trinajstić information content (AvgIpc) is 2.84. The van der Waals surface area contributed by atoms with Gasteiger partial charge >= 0.3 is 0 Å². The molecule has 1 fully saturated rings. The molecule has 156 valence electrons. The van der Waals surface area contributed by atoms with E-state index < -0.39 is 11.0 Å². The number of para-hydroxylation sites is 1. The molecule has 1 saturated carbocycles. The Hall–Kier alpha value is -2.45. The number of hydrogen-bond acceptors (Lipinski definition) is 5. The van der Waals surface area contributed by atoms with Crippen molar-refractivity contribution in [2.45, 2.75) is 38.1 Å². The summed E-state index contributed by atoms with van der Waals surface area (Å²) in [5.41, 5.74) is 2.57. The van der Waals surface area contributed by atoms with Gasteiger partial charge in [-0.25, -0.2) is 9.19 Å². The summed E-state index contributed by atoms with van der Waals surface area (Å²) in [6, 6.07) is 9.63. The van der Waals surface area contributed by atoms with Crippen LogP contribution in [0.1, 0.15) is 42.5 Å². The zero-order valence-electron chi connectivity index (χ0n) is 17.1. The van der Waals surface area contributed by atoms with E-state index in [4.69, 9.17) is 5.11 Å². The van der Waals surface area contributed by atoms with Gasteiger partial charge in [0.05, 0.1) is 28.8 Å². The lowest BCUT2D eigenvalue weighted by atomic mass is 9.95. The number of pyridine rings is 1. The molecule has 2 N–H and O–H groups in total. The quantitative estimate of drug-likeness (QED) is 0.800. The molecule has 1 atom stereocenters. The van der Waals surface area contributed by atoms with Crippen molar-refractivity contribution in [1.82, 2.24) is 4.98 Å². The maximum absolute atomic E-state index is 12.9. The monoisotopic (exact) mass is 416 g/mol. The van der Waals surface area contributed by atoms with Gasteiger partial charge in [0.15, 0.2) is 0 Å². The third kappa shape index (κ3) is 4.28. The van der Waals surface area contributed by atoms with Gasteiger partial charge in [0, 0.05) is 32.5 Å². The lowest BCUT2D eigenvalue weighted by Crippen LogP contribution is -2.26. The highest BCUT2D eigenvalue weighted by molar-refractivity contribution is 7.86. The van der Waals surface area contributed by atoms with E-state index in [1.165, 1.54) is 19.3 Å². The van der Waals surface area contributed by atoms with Crippen LogP contribution in [-0.4, -0.2) is 46.7 Å².